The molecule has 92 valence electrons. The Morgan fingerprint density at radius 2 is 1.67 bits per heavy atom. The lowest BCUT2D eigenvalue weighted by atomic mass is 9.95. The van der Waals surface area contributed by atoms with Gasteiger partial charge in [-0.1, -0.05) is 20.8 Å². The van der Waals surface area contributed by atoms with E-state index in [0.717, 1.165) is 6.42 Å². The maximum Gasteiger partial charge on any atom is 0.332 e. The smallest absolute Gasteiger partial charge is 0.332 e. The van der Waals surface area contributed by atoms with Crippen molar-refractivity contribution in [2.24, 2.45) is 11.8 Å². The molecule has 0 rings (SSSR count). The molecule has 0 spiro atoms. The largest absolute Gasteiger partial charge is 0.392 e. The maximum absolute atomic E-state index is 11.7. The summed E-state index contributed by atoms with van der Waals surface area (Å²) in [5.74, 6) is 0.614. The van der Waals surface area contributed by atoms with Gasteiger partial charge in [0, 0.05) is 14.2 Å². The molecule has 1 N–H and O–H groups in total. The minimum Gasteiger partial charge on any atom is -0.392 e. The molecule has 0 saturated heterocycles. The Kier molecular flexibility index (Phi) is 6.69. The molecule has 15 heavy (non-hydrogen) atoms. The average molecular weight is 238 g/mol. The van der Waals surface area contributed by atoms with Gasteiger partial charge in [-0.2, -0.15) is 0 Å². The Morgan fingerprint density at radius 3 is 2.00 bits per heavy atom. The molecule has 0 aromatic heterocycles. The lowest BCUT2D eigenvalue weighted by molar-refractivity contribution is 0.116. The van der Waals surface area contributed by atoms with Crippen molar-refractivity contribution in [2.45, 2.75) is 33.3 Å². The molecule has 0 amide bonds. The van der Waals surface area contributed by atoms with Crippen LogP contribution in [0.5, 0.6) is 0 Å². The van der Waals surface area contributed by atoms with Crippen molar-refractivity contribution in [1.29, 1.82) is 0 Å². The van der Waals surface area contributed by atoms with Crippen molar-refractivity contribution in [2.75, 3.05) is 20.4 Å². The fourth-order valence-corrected chi connectivity index (χ4v) is 2.80. The molecule has 0 unspecified atom stereocenters. The molecule has 0 aliphatic rings. The molecule has 0 bridgehead atoms. The van der Waals surface area contributed by atoms with Crippen LogP contribution in [0.2, 0.25) is 0 Å². The Bertz CT molecular complexity index is 209. The van der Waals surface area contributed by atoms with Crippen LogP contribution in [0.4, 0.5) is 0 Å². The SMILES string of the molecule is COP(=O)(C[C@H](O)[C@@H](C)CC(C)C)OC. The van der Waals surface area contributed by atoms with E-state index in [1.165, 1.54) is 14.2 Å². The quantitative estimate of drug-likeness (QED) is 0.692. The lowest BCUT2D eigenvalue weighted by Crippen LogP contribution is -2.24. The van der Waals surface area contributed by atoms with E-state index in [1.54, 1.807) is 0 Å². The Hall–Kier alpha value is 0.110. The zero-order valence-electron chi connectivity index (χ0n) is 10.3. The summed E-state index contributed by atoms with van der Waals surface area (Å²) in [5.41, 5.74) is 0. The minimum absolute atomic E-state index is 0.0634. The third-order valence-electron chi connectivity index (χ3n) is 2.47. The van der Waals surface area contributed by atoms with Gasteiger partial charge in [0.05, 0.1) is 12.3 Å². The molecule has 5 heteroatoms. The van der Waals surface area contributed by atoms with E-state index in [1.807, 2.05) is 6.92 Å². The summed E-state index contributed by atoms with van der Waals surface area (Å²) >= 11 is 0. The van der Waals surface area contributed by atoms with Gasteiger partial charge in [0.25, 0.3) is 0 Å². The van der Waals surface area contributed by atoms with Crippen molar-refractivity contribution < 1.29 is 18.7 Å². The first kappa shape index (κ1) is 15.1. The summed E-state index contributed by atoms with van der Waals surface area (Å²) in [6, 6.07) is 0. The van der Waals surface area contributed by atoms with Crippen molar-refractivity contribution in [3.8, 4) is 0 Å². The van der Waals surface area contributed by atoms with Crippen LogP contribution in [-0.4, -0.2) is 31.6 Å². The molecular formula is C10H23O4P. The van der Waals surface area contributed by atoms with E-state index in [-0.39, 0.29) is 12.1 Å². The van der Waals surface area contributed by atoms with Gasteiger partial charge in [-0.15, -0.1) is 0 Å². The van der Waals surface area contributed by atoms with Gasteiger partial charge < -0.3 is 14.2 Å². The number of rotatable bonds is 7. The maximum atomic E-state index is 11.7. The molecule has 0 aliphatic carbocycles. The fraction of sp³-hybridized carbons (Fsp3) is 1.00. The summed E-state index contributed by atoms with van der Waals surface area (Å²) in [4.78, 5) is 0. The molecule has 0 saturated carbocycles. The molecule has 0 fully saturated rings. The Labute approximate surface area is 92.5 Å². The summed E-state index contributed by atoms with van der Waals surface area (Å²) in [6.07, 6.45) is 0.320. The van der Waals surface area contributed by atoms with Gasteiger partial charge in [-0.25, -0.2) is 0 Å². The Morgan fingerprint density at radius 1 is 1.20 bits per heavy atom. The van der Waals surface area contributed by atoms with Crippen molar-refractivity contribution in [3.05, 3.63) is 0 Å². The van der Waals surface area contributed by atoms with Crippen LogP contribution in [-0.2, 0) is 13.6 Å². The molecule has 0 aromatic rings. The highest BCUT2D eigenvalue weighted by atomic mass is 31.2. The van der Waals surface area contributed by atoms with Gasteiger partial charge in [0.2, 0.25) is 0 Å². The van der Waals surface area contributed by atoms with Crippen LogP contribution < -0.4 is 0 Å². The van der Waals surface area contributed by atoms with E-state index in [4.69, 9.17) is 9.05 Å². The number of aliphatic hydroxyl groups is 1. The first-order chi connectivity index (χ1) is 6.84. The highest BCUT2D eigenvalue weighted by Crippen LogP contribution is 2.47. The predicted molar refractivity (Wildman–Crippen MR) is 61.1 cm³/mol. The summed E-state index contributed by atoms with van der Waals surface area (Å²) in [7, 11) is -0.410. The van der Waals surface area contributed by atoms with Crippen LogP contribution in [0.1, 0.15) is 27.2 Å². The molecule has 0 aliphatic heterocycles. The van der Waals surface area contributed by atoms with Gasteiger partial charge in [-0.3, -0.25) is 4.57 Å². The number of hydrogen-bond acceptors (Lipinski definition) is 4. The number of hydrogen-bond donors (Lipinski definition) is 1. The molecule has 0 aromatic carbocycles. The first-order valence-electron chi connectivity index (χ1n) is 5.23. The van der Waals surface area contributed by atoms with E-state index in [0.29, 0.717) is 5.92 Å². The third-order valence-corrected chi connectivity index (χ3v) is 4.40. The molecule has 0 radical (unpaired) electrons. The van der Waals surface area contributed by atoms with Crippen molar-refractivity contribution >= 4 is 7.60 Å². The fourth-order valence-electron chi connectivity index (χ4n) is 1.53. The minimum atomic E-state index is -3.08. The second-order valence-corrected chi connectivity index (χ2v) is 6.65. The van der Waals surface area contributed by atoms with E-state index in [2.05, 4.69) is 13.8 Å². The first-order valence-corrected chi connectivity index (χ1v) is 6.96. The molecule has 0 heterocycles. The van der Waals surface area contributed by atoms with Gasteiger partial charge in [-0.05, 0) is 18.3 Å². The van der Waals surface area contributed by atoms with Crippen LogP contribution in [0, 0.1) is 11.8 Å². The van der Waals surface area contributed by atoms with Gasteiger partial charge in [0.15, 0.2) is 0 Å². The zero-order chi connectivity index (χ0) is 12.1. The van der Waals surface area contributed by atoms with E-state index < -0.39 is 13.7 Å². The third kappa shape index (κ3) is 5.67. The summed E-state index contributed by atoms with van der Waals surface area (Å²) in [6.45, 7) is 6.13. The van der Waals surface area contributed by atoms with E-state index in [9.17, 15) is 9.67 Å². The second-order valence-electron chi connectivity index (χ2n) is 4.33. The monoisotopic (exact) mass is 238 g/mol. The topological polar surface area (TPSA) is 55.8 Å². The summed E-state index contributed by atoms with van der Waals surface area (Å²) < 4.78 is 21.3. The number of aliphatic hydroxyl groups excluding tert-OH is 1. The standard InChI is InChI=1S/C10H23O4P/c1-8(2)6-9(3)10(11)7-15(12,13-4)14-5/h8-11H,6-7H2,1-5H3/t9-,10-/m0/s1. The van der Waals surface area contributed by atoms with Crippen LogP contribution in [0.15, 0.2) is 0 Å². The molecule has 4 nitrogen and oxygen atoms in total. The van der Waals surface area contributed by atoms with E-state index >= 15 is 0 Å². The molecule has 2 atom stereocenters. The highest BCUT2D eigenvalue weighted by molar-refractivity contribution is 7.53. The molecular weight excluding hydrogens is 215 g/mol. The van der Waals surface area contributed by atoms with Gasteiger partial charge >= 0.3 is 7.60 Å². The van der Waals surface area contributed by atoms with Crippen LogP contribution >= 0.6 is 7.60 Å². The van der Waals surface area contributed by atoms with Crippen molar-refractivity contribution in [1.82, 2.24) is 0 Å². The van der Waals surface area contributed by atoms with Crippen LogP contribution in [0.3, 0.4) is 0 Å². The van der Waals surface area contributed by atoms with Gasteiger partial charge in [0.1, 0.15) is 0 Å². The van der Waals surface area contributed by atoms with Crippen molar-refractivity contribution in [3.63, 3.8) is 0 Å². The normalized spacial score (nSPS) is 16.7. The predicted octanol–water partition coefficient (Wildman–Crippen LogP) is 2.52. The second kappa shape index (κ2) is 6.64. The lowest BCUT2D eigenvalue weighted by Gasteiger charge is -2.23. The Balaban J connectivity index is 4.22. The summed E-state index contributed by atoms with van der Waals surface area (Å²) in [5, 5.41) is 9.83. The average Bonchev–Trinajstić information content (AvgIpc) is 2.16. The zero-order valence-corrected chi connectivity index (χ0v) is 11.2. The highest BCUT2D eigenvalue weighted by Gasteiger charge is 2.28. The van der Waals surface area contributed by atoms with Crippen LogP contribution in [0.25, 0.3) is 0 Å².